The van der Waals surface area contributed by atoms with Gasteiger partial charge in [0.15, 0.2) is 0 Å². The molecule has 1 aromatic carbocycles. The lowest BCUT2D eigenvalue weighted by Gasteiger charge is -2.40. The Kier molecular flexibility index (Phi) is 4.18. The standard InChI is InChI=1S/C16H23NO/c1-3-15(18)16(14-8-6-5-7-9-14)10-12-17(4-2)13-11-16/h5-9H,3-4,10-13H2,1-2H3. The van der Waals surface area contributed by atoms with Crippen LogP contribution >= 0.6 is 0 Å². The fourth-order valence-electron chi connectivity index (χ4n) is 3.08. The summed E-state index contributed by atoms with van der Waals surface area (Å²) in [5.74, 6) is 0.407. The third-order valence-corrected chi connectivity index (χ3v) is 4.34. The van der Waals surface area contributed by atoms with E-state index < -0.39 is 0 Å². The van der Waals surface area contributed by atoms with Gasteiger partial charge in [0.25, 0.3) is 0 Å². The van der Waals surface area contributed by atoms with E-state index >= 15 is 0 Å². The number of hydrogen-bond acceptors (Lipinski definition) is 2. The van der Waals surface area contributed by atoms with Crippen LogP contribution in [0.5, 0.6) is 0 Å². The van der Waals surface area contributed by atoms with E-state index in [0.29, 0.717) is 12.2 Å². The fraction of sp³-hybridized carbons (Fsp3) is 0.562. The minimum atomic E-state index is -0.221. The van der Waals surface area contributed by atoms with Gasteiger partial charge in [-0.2, -0.15) is 0 Å². The van der Waals surface area contributed by atoms with Gasteiger partial charge in [-0.15, -0.1) is 0 Å². The molecule has 2 heteroatoms. The number of carbonyl (C=O) groups excluding carboxylic acids is 1. The first kappa shape index (κ1) is 13.3. The summed E-state index contributed by atoms with van der Waals surface area (Å²) in [5.41, 5.74) is 0.995. The van der Waals surface area contributed by atoms with Crippen molar-refractivity contribution in [1.82, 2.24) is 4.90 Å². The highest BCUT2D eigenvalue weighted by molar-refractivity contribution is 5.90. The maximum atomic E-state index is 12.5. The van der Waals surface area contributed by atoms with Crippen LogP contribution in [0.4, 0.5) is 0 Å². The second kappa shape index (κ2) is 5.66. The maximum Gasteiger partial charge on any atom is 0.143 e. The molecule has 0 amide bonds. The van der Waals surface area contributed by atoms with Crippen LogP contribution in [0.3, 0.4) is 0 Å². The summed E-state index contributed by atoms with van der Waals surface area (Å²) in [5, 5.41) is 0. The molecule has 0 unspecified atom stereocenters. The molecule has 2 nitrogen and oxygen atoms in total. The van der Waals surface area contributed by atoms with E-state index in [2.05, 4.69) is 24.0 Å². The number of ketones is 1. The SMILES string of the molecule is CCC(=O)C1(c2ccccc2)CCN(CC)CC1. The third-order valence-electron chi connectivity index (χ3n) is 4.34. The van der Waals surface area contributed by atoms with Gasteiger partial charge in [-0.1, -0.05) is 44.2 Å². The molecule has 1 fully saturated rings. The summed E-state index contributed by atoms with van der Waals surface area (Å²) >= 11 is 0. The molecule has 0 saturated carbocycles. The number of carbonyl (C=O) groups is 1. The summed E-state index contributed by atoms with van der Waals surface area (Å²) in [4.78, 5) is 14.9. The molecule has 98 valence electrons. The minimum absolute atomic E-state index is 0.221. The van der Waals surface area contributed by atoms with E-state index in [0.717, 1.165) is 32.5 Å². The van der Waals surface area contributed by atoms with Crippen molar-refractivity contribution in [2.45, 2.75) is 38.5 Å². The molecule has 0 aromatic heterocycles. The second-order valence-corrected chi connectivity index (χ2v) is 5.16. The second-order valence-electron chi connectivity index (χ2n) is 5.16. The Labute approximate surface area is 110 Å². The summed E-state index contributed by atoms with van der Waals surface area (Å²) < 4.78 is 0. The van der Waals surface area contributed by atoms with Crippen LogP contribution < -0.4 is 0 Å². The van der Waals surface area contributed by atoms with E-state index in [1.807, 2.05) is 25.1 Å². The summed E-state index contributed by atoms with van der Waals surface area (Å²) in [6.07, 6.45) is 2.58. The Bertz CT molecular complexity index is 391. The van der Waals surface area contributed by atoms with E-state index in [1.54, 1.807) is 0 Å². The Balaban J connectivity index is 2.29. The van der Waals surface area contributed by atoms with Crippen LogP contribution in [0, 0.1) is 0 Å². The lowest BCUT2D eigenvalue weighted by atomic mass is 9.69. The summed E-state index contributed by atoms with van der Waals surface area (Å²) in [6.45, 7) is 7.34. The average molecular weight is 245 g/mol. The molecule has 0 spiro atoms. The monoisotopic (exact) mass is 245 g/mol. The fourth-order valence-corrected chi connectivity index (χ4v) is 3.08. The van der Waals surface area contributed by atoms with Gasteiger partial charge in [-0.05, 0) is 38.0 Å². The number of benzene rings is 1. The van der Waals surface area contributed by atoms with E-state index in [-0.39, 0.29) is 5.41 Å². The van der Waals surface area contributed by atoms with Crippen LogP contribution in [0.25, 0.3) is 0 Å². The van der Waals surface area contributed by atoms with E-state index in [9.17, 15) is 4.79 Å². The number of likely N-dealkylation sites (tertiary alicyclic amines) is 1. The molecule has 0 aliphatic carbocycles. The Morgan fingerprint density at radius 3 is 2.28 bits per heavy atom. The van der Waals surface area contributed by atoms with E-state index in [1.165, 1.54) is 5.56 Å². The Morgan fingerprint density at radius 1 is 1.17 bits per heavy atom. The molecule has 0 radical (unpaired) electrons. The van der Waals surface area contributed by atoms with Crippen molar-refractivity contribution >= 4 is 5.78 Å². The number of Topliss-reactive ketones (excluding diaryl/α,β-unsaturated/α-hetero) is 1. The molecule has 1 aliphatic heterocycles. The normalized spacial score (nSPS) is 19.7. The molecule has 0 N–H and O–H groups in total. The molecule has 1 aromatic rings. The summed E-state index contributed by atoms with van der Waals surface area (Å²) in [6, 6.07) is 10.4. The molecule has 1 heterocycles. The molecule has 1 saturated heterocycles. The first-order valence-corrected chi connectivity index (χ1v) is 7.04. The van der Waals surface area contributed by atoms with Gasteiger partial charge in [0, 0.05) is 6.42 Å². The van der Waals surface area contributed by atoms with Crippen molar-refractivity contribution in [3.63, 3.8) is 0 Å². The van der Waals surface area contributed by atoms with Crippen molar-refractivity contribution in [3.05, 3.63) is 35.9 Å². The van der Waals surface area contributed by atoms with Crippen molar-refractivity contribution < 1.29 is 4.79 Å². The largest absolute Gasteiger partial charge is 0.304 e. The van der Waals surface area contributed by atoms with Crippen molar-refractivity contribution in [1.29, 1.82) is 0 Å². The topological polar surface area (TPSA) is 20.3 Å². The lowest BCUT2D eigenvalue weighted by molar-refractivity contribution is -0.126. The zero-order valence-electron chi connectivity index (χ0n) is 11.5. The molecule has 1 aliphatic rings. The third kappa shape index (κ3) is 2.35. The number of rotatable bonds is 4. The first-order valence-electron chi connectivity index (χ1n) is 7.04. The Hall–Kier alpha value is -1.15. The molecule has 0 bridgehead atoms. The minimum Gasteiger partial charge on any atom is -0.304 e. The molecular weight excluding hydrogens is 222 g/mol. The maximum absolute atomic E-state index is 12.5. The van der Waals surface area contributed by atoms with Gasteiger partial charge in [0.2, 0.25) is 0 Å². The van der Waals surface area contributed by atoms with Crippen LogP contribution in [0.15, 0.2) is 30.3 Å². The Morgan fingerprint density at radius 2 is 1.78 bits per heavy atom. The molecular formula is C16H23NO. The first-order chi connectivity index (χ1) is 8.73. The summed E-state index contributed by atoms with van der Waals surface area (Å²) in [7, 11) is 0. The van der Waals surface area contributed by atoms with Crippen LogP contribution in [-0.4, -0.2) is 30.3 Å². The van der Waals surface area contributed by atoms with Crippen molar-refractivity contribution in [2.75, 3.05) is 19.6 Å². The smallest absolute Gasteiger partial charge is 0.143 e. The number of nitrogens with zero attached hydrogens (tertiary/aromatic N) is 1. The average Bonchev–Trinajstić information content (AvgIpc) is 2.47. The van der Waals surface area contributed by atoms with Crippen molar-refractivity contribution in [2.24, 2.45) is 0 Å². The van der Waals surface area contributed by atoms with Gasteiger partial charge in [0.05, 0.1) is 5.41 Å². The lowest BCUT2D eigenvalue weighted by Crippen LogP contribution is -2.47. The van der Waals surface area contributed by atoms with Gasteiger partial charge >= 0.3 is 0 Å². The predicted molar refractivity (Wildman–Crippen MR) is 74.8 cm³/mol. The highest BCUT2D eigenvalue weighted by Gasteiger charge is 2.40. The molecule has 0 atom stereocenters. The van der Waals surface area contributed by atoms with E-state index in [4.69, 9.17) is 0 Å². The number of hydrogen-bond donors (Lipinski definition) is 0. The van der Waals surface area contributed by atoms with Gasteiger partial charge < -0.3 is 4.90 Å². The van der Waals surface area contributed by atoms with Gasteiger partial charge in [-0.25, -0.2) is 0 Å². The zero-order valence-corrected chi connectivity index (χ0v) is 11.5. The number of piperidine rings is 1. The van der Waals surface area contributed by atoms with Crippen LogP contribution in [0.2, 0.25) is 0 Å². The van der Waals surface area contributed by atoms with Crippen LogP contribution in [-0.2, 0) is 10.2 Å². The zero-order chi connectivity index (χ0) is 13.0. The van der Waals surface area contributed by atoms with Gasteiger partial charge in [0.1, 0.15) is 5.78 Å². The van der Waals surface area contributed by atoms with Crippen LogP contribution in [0.1, 0.15) is 38.7 Å². The quantitative estimate of drug-likeness (QED) is 0.812. The highest BCUT2D eigenvalue weighted by Crippen LogP contribution is 2.37. The van der Waals surface area contributed by atoms with Crippen molar-refractivity contribution in [3.8, 4) is 0 Å². The molecule has 18 heavy (non-hydrogen) atoms. The highest BCUT2D eigenvalue weighted by atomic mass is 16.1. The van der Waals surface area contributed by atoms with Gasteiger partial charge in [-0.3, -0.25) is 4.79 Å². The predicted octanol–water partition coefficient (Wildman–Crippen LogP) is 3.02. The molecule has 2 rings (SSSR count).